The fourth-order valence-corrected chi connectivity index (χ4v) is 2.56. The molecule has 0 saturated heterocycles. The van der Waals surface area contributed by atoms with E-state index >= 15 is 0 Å². The summed E-state index contributed by atoms with van der Waals surface area (Å²) in [7, 11) is 0. The number of hydrogen-bond acceptors (Lipinski definition) is 4. The monoisotopic (exact) mass is 287 g/mol. The van der Waals surface area contributed by atoms with E-state index in [-0.39, 0.29) is 0 Å². The molecule has 0 atom stereocenters. The van der Waals surface area contributed by atoms with Crippen LogP contribution < -0.4 is 14.8 Å². The van der Waals surface area contributed by atoms with Gasteiger partial charge in [0.15, 0.2) is 11.5 Å². The minimum atomic E-state index is 0.568. The lowest BCUT2D eigenvalue weighted by atomic mass is 10.2. The number of nitrogens with one attached hydrogen (secondary N) is 1. The van der Waals surface area contributed by atoms with E-state index < -0.39 is 0 Å². The van der Waals surface area contributed by atoms with Gasteiger partial charge in [0.05, 0.1) is 5.02 Å². The topological polar surface area (TPSA) is 30.5 Å². The molecule has 0 amide bonds. The summed E-state index contributed by atoms with van der Waals surface area (Å²) in [6.07, 6.45) is 3.31. The molecule has 100 valence electrons. The molecular formula is C13H18ClNO2S. The number of thioether (sulfide) groups is 1. The molecule has 0 radical (unpaired) electrons. The highest BCUT2D eigenvalue weighted by molar-refractivity contribution is 7.98. The molecule has 1 aliphatic heterocycles. The number of ether oxygens (including phenoxy) is 2. The Morgan fingerprint density at radius 1 is 1.33 bits per heavy atom. The van der Waals surface area contributed by atoms with E-state index in [4.69, 9.17) is 21.1 Å². The van der Waals surface area contributed by atoms with Gasteiger partial charge in [0.25, 0.3) is 0 Å². The van der Waals surface area contributed by atoms with E-state index in [0.29, 0.717) is 24.0 Å². The van der Waals surface area contributed by atoms with E-state index in [1.165, 1.54) is 12.2 Å². The van der Waals surface area contributed by atoms with Crippen molar-refractivity contribution >= 4 is 23.4 Å². The molecule has 3 nitrogen and oxygen atoms in total. The third-order valence-corrected chi connectivity index (χ3v) is 3.67. The maximum absolute atomic E-state index is 6.17. The molecule has 0 spiro atoms. The third-order valence-electron chi connectivity index (χ3n) is 2.69. The van der Waals surface area contributed by atoms with Crippen LogP contribution >= 0.6 is 23.4 Å². The van der Waals surface area contributed by atoms with E-state index in [1.54, 1.807) is 0 Å². The van der Waals surface area contributed by atoms with Crippen LogP contribution in [0, 0.1) is 0 Å². The molecule has 1 heterocycles. The van der Waals surface area contributed by atoms with Crippen LogP contribution in [0.4, 0.5) is 0 Å². The summed E-state index contributed by atoms with van der Waals surface area (Å²) in [5, 5.41) is 4.03. The van der Waals surface area contributed by atoms with Crippen molar-refractivity contribution in [3.63, 3.8) is 0 Å². The number of hydrogen-bond donors (Lipinski definition) is 1. The summed E-state index contributed by atoms with van der Waals surface area (Å²) in [6.45, 7) is 2.99. The first-order chi connectivity index (χ1) is 8.81. The molecular weight excluding hydrogens is 270 g/mol. The predicted molar refractivity (Wildman–Crippen MR) is 77.1 cm³/mol. The number of benzene rings is 1. The first-order valence-corrected chi connectivity index (χ1v) is 7.86. The largest absolute Gasteiger partial charge is 0.486 e. The van der Waals surface area contributed by atoms with Crippen molar-refractivity contribution < 1.29 is 9.47 Å². The third kappa shape index (κ3) is 3.70. The Labute approximate surface area is 117 Å². The minimum Gasteiger partial charge on any atom is -0.486 e. The van der Waals surface area contributed by atoms with Crippen molar-refractivity contribution in [2.24, 2.45) is 0 Å². The maximum Gasteiger partial charge on any atom is 0.179 e. The van der Waals surface area contributed by atoms with Crippen LogP contribution in [0.2, 0.25) is 5.02 Å². The Morgan fingerprint density at radius 3 is 3.00 bits per heavy atom. The Morgan fingerprint density at radius 2 is 2.17 bits per heavy atom. The summed E-state index contributed by atoms with van der Waals surface area (Å²) < 4.78 is 11.0. The van der Waals surface area contributed by atoms with Gasteiger partial charge in [-0.05, 0) is 42.7 Å². The van der Waals surface area contributed by atoms with Gasteiger partial charge in [0.1, 0.15) is 13.2 Å². The van der Waals surface area contributed by atoms with Crippen LogP contribution in [0.5, 0.6) is 11.5 Å². The van der Waals surface area contributed by atoms with E-state index in [1.807, 2.05) is 23.9 Å². The lowest BCUT2D eigenvalue weighted by Gasteiger charge is -2.20. The average molecular weight is 288 g/mol. The zero-order valence-electron chi connectivity index (χ0n) is 10.5. The summed E-state index contributed by atoms with van der Waals surface area (Å²) >= 11 is 8.05. The summed E-state index contributed by atoms with van der Waals surface area (Å²) in [5.74, 6) is 2.62. The van der Waals surface area contributed by atoms with E-state index in [9.17, 15) is 0 Å². The molecule has 5 heteroatoms. The second-order valence-corrected chi connectivity index (χ2v) is 5.52. The van der Waals surface area contributed by atoms with Gasteiger partial charge < -0.3 is 14.8 Å². The van der Waals surface area contributed by atoms with Crippen LogP contribution in [0.15, 0.2) is 12.1 Å². The van der Waals surface area contributed by atoms with Gasteiger partial charge in [-0.15, -0.1) is 0 Å². The SMILES string of the molecule is CSCCCNCc1cc(Cl)c2c(c1)OCCO2. The predicted octanol–water partition coefficient (Wildman–Crippen LogP) is 2.95. The zero-order chi connectivity index (χ0) is 12.8. The number of fused-ring (bicyclic) bond motifs is 1. The first-order valence-electron chi connectivity index (χ1n) is 6.09. The quantitative estimate of drug-likeness (QED) is 0.815. The van der Waals surface area contributed by atoms with Crippen LogP contribution in [0.25, 0.3) is 0 Å². The van der Waals surface area contributed by atoms with Gasteiger partial charge >= 0.3 is 0 Å². The van der Waals surface area contributed by atoms with E-state index in [2.05, 4.69) is 11.6 Å². The zero-order valence-corrected chi connectivity index (χ0v) is 12.1. The van der Waals surface area contributed by atoms with Crippen LogP contribution in [-0.4, -0.2) is 31.8 Å². The standard InChI is InChI=1S/C13H18ClNO2S/c1-18-6-2-3-15-9-10-7-11(14)13-12(8-10)16-4-5-17-13/h7-8,15H,2-6,9H2,1H3. The second-order valence-electron chi connectivity index (χ2n) is 4.12. The van der Waals surface area contributed by atoms with Crippen molar-refractivity contribution in [3.05, 3.63) is 22.7 Å². The maximum atomic E-state index is 6.17. The van der Waals surface area contributed by atoms with Crippen LogP contribution in [0.1, 0.15) is 12.0 Å². The highest BCUT2D eigenvalue weighted by Crippen LogP contribution is 2.38. The number of halogens is 1. The minimum absolute atomic E-state index is 0.568. The first kappa shape index (κ1) is 13.8. The van der Waals surface area contributed by atoms with Gasteiger partial charge in [-0.1, -0.05) is 11.6 Å². The molecule has 1 aliphatic rings. The van der Waals surface area contributed by atoms with Crippen molar-refractivity contribution in [2.75, 3.05) is 31.8 Å². The molecule has 18 heavy (non-hydrogen) atoms. The van der Waals surface area contributed by atoms with Crippen molar-refractivity contribution in [2.45, 2.75) is 13.0 Å². The molecule has 0 bridgehead atoms. The Bertz CT molecular complexity index is 401. The fourth-order valence-electron chi connectivity index (χ4n) is 1.84. The van der Waals surface area contributed by atoms with Gasteiger partial charge in [-0.3, -0.25) is 0 Å². The van der Waals surface area contributed by atoms with Gasteiger partial charge in [0.2, 0.25) is 0 Å². The highest BCUT2D eigenvalue weighted by atomic mass is 35.5. The molecule has 0 unspecified atom stereocenters. The van der Waals surface area contributed by atoms with Crippen molar-refractivity contribution in [1.29, 1.82) is 0 Å². The van der Waals surface area contributed by atoms with Gasteiger partial charge in [-0.25, -0.2) is 0 Å². The summed E-state index contributed by atoms with van der Waals surface area (Å²) in [5.41, 5.74) is 1.13. The second kappa shape index (κ2) is 7.12. The summed E-state index contributed by atoms with van der Waals surface area (Å²) in [4.78, 5) is 0. The van der Waals surface area contributed by atoms with Gasteiger partial charge in [0, 0.05) is 6.54 Å². The smallest absolute Gasteiger partial charge is 0.179 e. The van der Waals surface area contributed by atoms with Crippen molar-refractivity contribution in [1.82, 2.24) is 5.32 Å². The highest BCUT2D eigenvalue weighted by Gasteiger charge is 2.16. The Hall–Kier alpha value is -0.580. The fraction of sp³-hybridized carbons (Fsp3) is 0.538. The molecule has 1 aromatic rings. The lowest BCUT2D eigenvalue weighted by Crippen LogP contribution is -2.18. The molecule has 1 aromatic carbocycles. The van der Waals surface area contributed by atoms with Crippen molar-refractivity contribution in [3.8, 4) is 11.5 Å². The molecule has 0 fully saturated rings. The Kier molecular flexibility index (Phi) is 5.47. The Balaban J connectivity index is 1.91. The molecule has 0 aliphatic carbocycles. The molecule has 2 rings (SSSR count). The number of rotatable bonds is 6. The molecule has 0 saturated carbocycles. The average Bonchev–Trinajstić information content (AvgIpc) is 2.39. The molecule has 0 aromatic heterocycles. The van der Waals surface area contributed by atoms with Gasteiger partial charge in [-0.2, -0.15) is 11.8 Å². The lowest BCUT2D eigenvalue weighted by molar-refractivity contribution is 0.171. The van der Waals surface area contributed by atoms with Crippen LogP contribution in [0.3, 0.4) is 0 Å². The van der Waals surface area contributed by atoms with Crippen LogP contribution in [-0.2, 0) is 6.54 Å². The van der Waals surface area contributed by atoms with E-state index in [0.717, 1.165) is 24.4 Å². The summed E-state index contributed by atoms with van der Waals surface area (Å²) in [6, 6.07) is 3.94. The normalized spacial score (nSPS) is 13.7. The molecule has 1 N–H and O–H groups in total.